The topological polar surface area (TPSA) is 9.23 Å². The Morgan fingerprint density at radius 2 is 2.00 bits per heavy atom. The van der Waals surface area contributed by atoms with Gasteiger partial charge in [-0.15, -0.1) is 6.42 Å². The maximum absolute atomic E-state index is 12.7. The molecule has 0 unspecified atom stereocenters. The van der Waals surface area contributed by atoms with E-state index in [0.717, 1.165) is 12.1 Å². The van der Waals surface area contributed by atoms with Crippen molar-refractivity contribution in [3.8, 4) is 18.1 Å². The molecule has 0 aliphatic carbocycles. The Morgan fingerprint density at radius 1 is 1.38 bits per heavy atom. The van der Waals surface area contributed by atoms with Crippen molar-refractivity contribution in [1.82, 2.24) is 0 Å². The van der Waals surface area contributed by atoms with Crippen LogP contribution < -0.4 is 4.74 Å². The molecule has 1 nitrogen and oxygen atoms in total. The van der Waals surface area contributed by atoms with Gasteiger partial charge < -0.3 is 4.74 Å². The smallest absolute Gasteiger partial charge is 0.162 e. The first-order valence-corrected chi connectivity index (χ1v) is 3.67. The lowest BCUT2D eigenvalue weighted by molar-refractivity contribution is 0.362. The second-order valence-electron chi connectivity index (χ2n) is 2.52. The minimum atomic E-state index is -0.933. The highest BCUT2D eigenvalue weighted by Crippen LogP contribution is 2.21. The van der Waals surface area contributed by atoms with E-state index in [-0.39, 0.29) is 12.4 Å². The van der Waals surface area contributed by atoms with Crippen LogP contribution in [0.3, 0.4) is 0 Å². The third kappa shape index (κ3) is 2.19. The molecule has 0 aromatic heterocycles. The number of terminal acetylenes is 1. The van der Waals surface area contributed by atoms with Crippen LogP contribution in [-0.2, 0) is 0 Å². The predicted octanol–water partition coefficient (Wildman–Crippen LogP) is 2.29. The van der Waals surface area contributed by atoms with Crippen molar-refractivity contribution in [2.75, 3.05) is 6.61 Å². The SMILES string of the molecule is C#CCOc1cc(F)c(F)cc1C. The van der Waals surface area contributed by atoms with Gasteiger partial charge in [-0.3, -0.25) is 0 Å². The van der Waals surface area contributed by atoms with Crippen molar-refractivity contribution in [2.24, 2.45) is 0 Å². The van der Waals surface area contributed by atoms with E-state index in [1.165, 1.54) is 0 Å². The van der Waals surface area contributed by atoms with Gasteiger partial charge >= 0.3 is 0 Å². The predicted molar refractivity (Wildman–Crippen MR) is 45.4 cm³/mol. The van der Waals surface area contributed by atoms with Crippen LogP contribution >= 0.6 is 0 Å². The van der Waals surface area contributed by atoms with E-state index < -0.39 is 11.6 Å². The van der Waals surface area contributed by atoms with Crippen molar-refractivity contribution in [1.29, 1.82) is 0 Å². The van der Waals surface area contributed by atoms with Gasteiger partial charge in [-0.25, -0.2) is 8.78 Å². The largest absolute Gasteiger partial charge is 0.481 e. The van der Waals surface area contributed by atoms with Crippen molar-refractivity contribution < 1.29 is 13.5 Å². The summed E-state index contributed by atoms with van der Waals surface area (Å²) >= 11 is 0. The quantitative estimate of drug-likeness (QED) is 0.637. The molecule has 0 N–H and O–H groups in total. The number of halogens is 2. The second kappa shape index (κ2) is 3.90. The molecule has 0 aliphatic heterocycles. The summed E-state index contributed by atoms with van der Waals surface area (Å²) in [5, 5.41) is 0. The molecular weight excluding hydrogens is 174 g/mol. The molecule has 0 saturated carbocycles. The standard InChI is InChI=1S/C10H8F2O/c1-3-4-13-10-6-9(12)8(11)5-7(10)2/h1,5-6H,4H2,2H3. The molecule has 1 aromatic rings. The summed E-state index contributed by atoms with van der Waals surface area (Å²) < 4.78 is 30.3. The van der Waals surface area contributed by atoms with E-state index in [1.54, 1.807) is 6.92 Å². The van der Waals surface area contributed by atoms with Crippen LogP contribution in [0.4, 0.5) is 8.78 Å². The average Bonchev–Trinajstić information content (AvgIpc) is 2.09. The first-order valence-electron chi connectivity index (χ1n) is 3.67. The Hall–Kier alpha value is -1.56. The molecule has 1 rings (SSSR count). The highest BCUT2D eigenvalue weighted by atomic mass is 19.2. The van der Waals surface area contributed by atoms with Crippen molar-refractivity contribution in [2.45, 2.75) is 6.92 Å². The van der Waals surface area contributed by atoms with Crippen LogP contribution in [0, 0.1) is 30.9 Å². The van der Waals surface area contributed by atoms with E-state index in [9.17, 15) is 8.78 Å². The summed E-state index contributed by atoms with van der Waals surface area (Å²) in [7, 11) is 0. The number of aryl methyl sites for hydroxylation is 1. The monoisotopic (exact) mass is 182 g/mol. The molecule has 13 heavy (non-hydrogen) atoms. The Labute approximate surface area is 75.3 Å². The molecule has 3 heteroatoms. The molecule has 68 valence electrons. The summed E-state index contributed by atoms with van der Waals surface area (Å²) in [6, 6.07) is 2.06. The van der Waals surface area contributed by atoms with Gasteiger partial charge in [-0.1, -0.05) is 5.92 Å². The Kier molecular flexibility index (Phi) is 2.86. The van der Waals surface area contributed by atoms with Crippen molar-refractivity contribution in [3.63, 3.8) is 0 Å². The Bertz CT molecular complexity index is 353. The van der Waals surface area contributed by atoms with Gasteiger partial charge in [0.15, 0.2) is 11.6 Å². The molecule has 1 aromatic carbocycles. The molecule has 0 radical (unpaired) electrons. The molecule has 0 aliphatic rings. The Balaban J connectivity index is 2.96. The number of benzene rings is 1. The fourth-order valence-electron chi connectivity index (χ4n) is 0.903. The maximum atomic E-state index is 12.7. The van der Waals surface area contributed by atoms with Crippen LogP contribution in [-0.4, -0.2) is 6.61 Å². The maximum Gasteiger partial charge on any atom is 0.162 e. The lowest BCUT2D eigenvalue weighted by atomic mass is 10.2. The van der Waals surface area contributed by atoms with Crippen molar-refractivity contribution in [3.05, 3.63) is 29.3 Å². The molecule has 0 atom stereocenters. The number of rotatable bonds is 2. The molecule has 0 fully saturated rings. The van der Waals surface area contributed by atoms with E-state index >= 15 is 0 Å². The summed E-state index contributed by atoms with van der Waals surface area (Å²) in [5.41, 5.74) is 0.522. The third-order valence-electron chi connectivity index (χ3n) is 1.53. The summed E-state index contributed by atoms with van der Waals surface area (Å²) in [4.78, 5) is 0. The van der Waals surface area contributed by atoms with Crippen LogP contribution in [0.2, 0.25) is 0 Å². The molecule has 0 amide bonds. The highest BCUT2D eigenvalue weighted by Gasteiger charge is 2.06. The lowest BCUT2D eigenvalue weighted by Crippen LogP contribution is -1.97. The van der Waals surface area contributed by atoms with Crippen molar-refractivity contribution >= 4 is 0 Å². The fourth-order valence-corrected chi connectivity index (χ4v) is 0.903. The molecule has 0 spiro atoms. The van der Waals surface area contributed by atoms with Gasteiger partial charge in [0.2, 0.25) is 0 Å². The minimum Gasteiger partial charge on any atom is -0.481 e. The summed E-state index contributed by atoms with van der Waals surface area (Å²) in [5.74, 6) is 0.697. The molecule has 0 bridgehead atoms. The van der Waals surface area contributed by atoms with Gasteiger partial charge in [0.25, 0.3) is 0 Å². The number of ether oxygens (including phenoxy) is 1. The lowest BCUT2D eigenvalue weighted by Gasteiger charge is -2.06. The van der Waals surface area contributed by atoms with E-state index in [1.807, 2.05) is 0 Å². The van der Waals surface area contributed by atoms with Gasteiger partial charge in [-0.2, -0.15) is 0 Å². The fraction of sp³-hybridized carbons (Fsp3) is 0.200. The average molecular weight is 182 g/mol. The van der Waals surface area contributed by atoms with Crippen LogP contribution in [0.15, 0.2) is 12.1 Å². The van der Waals surface area contributed by atoms with Crippen LogP contribution in [0.5, 0.6) is 5.75 Å². The normalized spacial score (nSPS) is 9.38. The van der Waals surface area contributed by atoms with E-state index in [4.69, 9.17) is 11.2 Å². The summed E-state index contributed by atoms with van der Waals surface area (Å²) in [6.45, 7) is 1.67. The first-order chi connectivity index (χ1) is 6.15. The zero-order valence-electron chi connectivity index (χ0n) is 7.10. The molecule has 0 saturated heterocycles. The molecule has 0 heterocycles. The van der Waals surface area contributed by atoms with E-state index in [2.05, 4.69) is 5.92 Å². The zero-order valence-corrected chi connectivity index (χ0v) is 7.10. The van der Waals surface area contributed by atoms with Gasteiger partial charge in [-0.05, 0) is 18.6 Å². The minimum absolute atomic E-state index is 0.0475. The number of hydrogen-bond acceptors (Lipinski definition) is 1. The molecular formula is C10H8F2O. The van der Waals surface area contributed by atoms with Gasteiger partial charge in [0.1, 0.15) is 12.4 Å². The second-order valence-corrected chi connectivity index (χ2v) is 2.52. The Morgan fingerprint density at radius 3 is 2.62 bits per heavy atom. The first kappa shape index (κ1) is 9.53. The van der Waals surface area contributed by atoms with Gasteiger partial charge in [0.05, 0.1) is 0 Å². The van der Waals surface area contributed by atoms with Crippen LogP contribution in [0.25, 0.3) is 0 Å². The summed E-state index contributed by atoms with van der Waals surface area (Å²) in [6.07, 6.45) is 4.95. The van der Waals surface area contributed by atoms with Gasteiger partial charge in [0, 0.05) is 6.07 Å². The highest BCUT2D eigenvalue weighted by molar-refractivity contribution is 5.33. The van der Waals surface area contributed by atoms with E-state index in [0.29, 0.717) is 5.56 Å². The third-order valence-corrected chi connectivity index (χ3v) is 1.53. The zero-order chi connectivity index (χ0) is 9.84. The van der Waals surface area contributed by atoms with Crippen LogP contribution in [0.1, 0.15) is 5.56 Å². The number of hydrogen-bond donors (Lipinski definition) is 0.